The van der Waals surface area contributed by atoms with Gasteiger partial charge in [0.25, 0.3) is 5.91 Å². The molecule has 4 aliphatic heterocycles. The quantitative estimate of drug-likeness (QED) is 0.348. The number of piperazine rings is 1. The lowest BCUT2D eigenvalue weighted by molar-refractivity contribution is -0.170. The minimum Gasteiger partial charge on any atom is -0.489 e. The lowest BCUT2D eigenvalue weighted by Crippen LogP contribution is -2.57. The van der Waals surface area contributed by atoms with Crippen LogP contribution in [0.1, 0.15) is 37.0 Å². The number of ether oxygens (including phenoxy) is 1. The number of amides is 2. The number of aromatic nitrogens is 1. The van der Waals surface area contributed by atoms with Crippen molar-refractivity contribution >= 4 is 29.2 Å². The third-order valence-corrected chi connectivity index (χ3v) is 9.73. The fourth-order valence-electron chi connectivity index (χ4n) is 7.02. The van der Waals surface area contributed by atoms with E-state index in [0.717, 1.165) is 0 Å². The predicted octanol–water partition coefficient (Wildman–Crippen LogP) is 5.01. The number of halogens is 5. The van der Waals surface area contributed by atoms with E-state index in [0.29, 0.717) is 26.1 Å². The third kappa shape index (κ3) is 5.29. The molecular formula is C31H34ClF4N5O3. The highest BCUT2D eigenvalue weighted by atomic mass is 35.5. The third-order valence-electron chi connectivity index (χ3n) is 9.38. The normalized spacial score (nSPS) is 25.4. The maximum atomic E-state index is 15.1. The molecule has 3 unspecified atom stereocenters. The summed E-state index contributed by atoms with van der Waals surface area (Å²) in [4.78, 5) is 38.6. The topological polar surface area (TPSA) is 69.2 Å². The van der Waals surface area contributed by atoms with Crippen LogP contribution in [-0.4, -0.2) is 101 Å². The van der Waals surface area contributed by atoms with Crippen LogP contribution in [0.5, 0.6) is 5.75 Å². The Kier molecular flexibility index (Phi) is 7.80. The first-order valence-electron chi connectivity index (χ1n) is 14.7. The summed E-state index contributed by atoms with van der Waals surface area (Å²) in [7, 11) is 0. The average molecular weight is 636 g/mol. The van der Waals surface area contributed by atoms with Gasteiger partial charge in [0, 0.05) is 49.9 Å². The number of rotatable bonds is 4. The number of hydrogen-bond donors (Lipinski definition) is 0. The molecular weight excluding hydrogens is 602 g/mol. The van der Waals surface area contributed by atoms with Crippen molar-refractivity contribution in [3.05, 3.63) is 53.3 Å². The van der Waals surface area contributed by atoms with Crippen molar-refractivity contribution in [2.24, 2.45) is 5.92 Å². The van der Waals surface area contributed by atoms with Crippen LogP contribution in [0.4, 0.5) is 23.4 Å². The van der Waals surface area contributed by atoms with Gasteiger partial charge in [0.2, 0.25) is 5.91 Å². The van der Waals surface area contributed by atoms with Crippen molar-refractivity contribution in [3.8, 4) is 17.0 Å². The van der Waals surface area contributed by atoms with Crippen LogP contribution < -0.4 is 9.64 Å². The SMILES string of the molecule is C=CC(=O)N1CCN2C(=O)c3c(N4CC(N5CCC(C(F)(F)F)C5)CC4(C)C)nc(-c4ccccc4F)c(Cl)c3OCC2C1. The van der Waals surface area contributed by atoms with Gasteiger partial charge >= 0.3 is 6.18 Å². The van der Waals surface area contributed by atoms with Crippen LogP contribution in [0.2, 0.25) is 5.02 Å². The molecule has 2 amide bonds. The molecule has 44 heavy (non-hydrogen) atoms. The molecule has 13 heteroatoms. The Balaban J connectivity index is 1.43. The molecule has 1 aromatic carbocycles. The maximum Gasteiger partial charge on any atom is 0.393 e. The summed E-state index contributed by atoms with van der Waals surface area (Å²) in [5.74, 6) is -2.24. The van der Waals surface area contributed by atoms with E-state index in [1.54, 1.807) is 28.0 Å². The van der Waals surface area contributed by atoms with Crippen LogP contribution in [0.15, 0.2) is 36.9 Å². The largest absolute Gasteiger partial charge is 0.489 e. The smallest absolute Gasteiger partial charge is 0.393 e. The van der Waals surface area contributed by atoms with Gasteiger partial charge in [-0.1, -0.05) is 30.3 Å². The fraction of sp³-hybridized carbons (Fsp3) is 0.516. The van der Waals surface area contributed by atoms with Gasteiger partial charge < -0.3 is 19.4 Å². The zero-order chi connectivity index (χ0) is 31.6. The Labute approximate surface area is 258 Å². The summed E-state index contributed by atoms with van der Waals surface area (Å²) in [6.45, 7) is 8.86. The molecule has 0 aliphatic carbocycles. The van der Waals surface area contributed by atoms with Crippen LogP contribution in [0, 0.1) is 11.7 Å². The Hall–Kier alpha value is -3.38. The van der Waals surface area contributed by atoms with Crippen LogP contribution in [0.25, 0.3) is 11.3 Å². The Morgan fingerprint density at radius 3 is 2.57 bits per heavy atom. The number of carbonyl (C=O) groups is 2. The number of benzene rings is 1. The van der Waals surface area contributed by atoms with Crippen LogP contribution >= 0.6 is 11.6 Å². The molecule has 0 N–H and O–H groups in total. The number of fused-ring (bicyclic) bond motifs is 2. The van der Waals surface area contributed by atoms with Gasteiger partial charge in [-0.25, -0.2) is 9.37 Å². The molecule has 0 radical (unpaired) electrons. The van der Waals surface area contributed by atoms with Gasteiger partial charge in [-0.2, -0.15) is 13.2 Å². The van der Waals surface area contributed by atoms with Crippen molar-refractivity contribution in [2.45, 2.75) is 50.5 Å². The van der Waals surface area contributed by atoms with E-state index in [1.807, 2.05) is 23.6 Å². The molecule has 0 bridgehead atoms. The number of likely N-dealkylation sites (tertiary alicyclic amines) is 1. The van der Waals surface area contributed by atoms with Crippen molar-refractivity contribution in [1.29, 1.82) is 0 Å². The average Bonchev–Trinajstić information content (AvgIpc) is 3.57. The van der Waals surface area contributed by atoms with Gasteiger partial charge in [0.05, 0.1) is 17.7 Å². The zero-order valence-corrected chi connectivity index (χ0v) is 25.3. The molecule has 2 aromatic rings. The second-order valence-electron chi connectivity index (χ2n) is 12.5. The second kappa shape index (κ2) is 11.2. The number of pyridine rings is 1. The number of anilines is 1. The lowest BCUT2D eigenvalue weighted by Gasteiger charge is -2.40. The summed E-state index contributed by atoms with van der Waals surface area (Å²) in [6.07, 6.45) is -2.45. The van der Waals surface area contributed by atoms with E-state index in [-0.39, 0.29) is 83.9 Å². The molecule has 4 aliphatic rings. The van der Waals surface area contributed by atoms with Gasteiger partial charge in [-0.15, -0.1) is 0 Å². The Morgan fingerprint density at radius 1 is 1.14 bits per heavy atom. The Bertz CT molecular complexity index is 1500. The first kappa shape index (κ1) is 30.6. The molecule has 0 saturated carbocycles. The van der Waals surface area contributed by atoms with E-state index in [1.165, 1.54) is 12.1 Å². The standard InChI is InChI=1S/C31H34ClF4N5O3/c1-4-23(42)39-11-12-40-20(15-39)17-44-27-24(29(40)43)28(37-26(25(27)32)21-7-5-6-8-22(21)33)41-16-19(13-30(41,2)3)38-10-9-18(14-38)31(34,35)36/h4-8,18-20H,1,9-17H2,2-3H3. The molecule has 5 heterocycles. The van der Waals surface area contributed by atoms with Gasteiger partial charge in [-0.3, -0.25) is 14.5 Å². The molecule has 0 spiro atoms. The van der Waals surface area contributed by atoms with E-state index >= 15 is 4.39 Å². The van der Waals surface area contributed by atoms with Crippen molar-refractivity contribution in [1.82, 2.24) is 19.7 Å². The highest BCUT2D eigenvalue weighted by molar-refractivity contribution is 6.35. The molecule has 8 nitrogen and oxygen atoms in total. The Morgan fingerprint density at radius 2 is 1.89 bits per heavy atom. The van der Waals surface area contributed by atoms with Gasteiger partial charge in [-0.05, 0) is 51.4 Å². The monoisotopic (exact) mass is 635 g/mol. The lowest BCUT2D eigenvalue weighted by atomic mass is 9.98. The van der Waals surface area contributed by atoms with Gasteiger partial charge in [0.1, 0.15) is 28.8 Å². The zero-order valence-electron chi connectivity index (χ0n) is 24.5. The minimum atomic E-state index is -4.26. The summed E-state index contributed by atoms with van der Waals surface area (Å²) in [6, 6.07) is 5.33. The predicted molar refractivity (Wildman–Crippen MR) is 157 cm³/mol. The van der Waals surface area contributed by atoms with E-state index < -0.39 is 29.5 Å². The van der Waals surface area contributed by atoms with E-state index in [9.17, 15) is 22.8 Å². The number of hydrogen-bond acceptors (Lipinski definition) is 6. The number of alkyl halides is 3. The summed E-state index contributed by atoms with van der Waals surface area (Å²) >= 11 is 6.87. The van der Waals surface area contributed by atoms with E-state index in [4.69, 9.17) is 21.3 Å². The highest BCUT2D eigenvalue weighted by Gasteiger charge is 2.50. The van der Waals surface area contributed by atoms with Crippen molar-refractivity contribution in [3.63, 3.8) is 0 Å². The number of carbonyl (C=O) groups excluding carboxylic acids is 2. The molecule has 6 rings (SSSR count). The highest BCUT2D eigenvalue weighted by Crippen LogP contribution is 2.47. The molecule has 1 aromatic heterocycles. The first-order valence-corrected chi connectivity index (χ1v) is 15.1. The fourth-order valence-corrected chi connectivity index (χ4v) is 7.31. The molecule has 3 saturated heterocycles. The molecule has 236 valence electrons. The van der Waals surface area contributed by atoms with Crippen molar-refractivity contribution < 1.29 is 31.9 Å². The van der Waals surface area contributed by atoms with Crippen molar-refractivity contribution in [2.75, 3.05) is 50.8 Å². The first-order chi connectivity index (χ1) is 20.8. The minimum absolute atomic E-state index is 0.0119. The number of nitrogens with zero attached hydrogens (tertiary/aromatic N) is 5. The molecule has 3 fully saturated rings. The summed E-state index contributed by atoms with van der Waals surface area (Å²) in [5, 5.41) is -0.0119. The van der Waals surface area contributed by atoms with Gasteiger partial charge in [0.15, 0.2) is 5.75 Å². The van der Waals surface area contributed by atoms with Crippen LogP contribution in [-0.2, 0) is 4.79 Å². The van der Waals surface area contributed by atoms with E-state index in [2.05, 4.69) is 6.58 Å². The maximum absolute atomic E-state index is 15.1. The summed E-state index contributed by atoms with van der Waals surface area (Å²) in [5.41, 5.74) is -0.261. The molecule has 3 atom stereocenters. The van der Waals surface area contributed by atoms with Crippen LogP contribution in [0.3, 0.4) is 0 Å². The second-order valence-corrected chi connectivity index (χ2v) is 12.9. The summed E-state index contributed by atoms with van der Waals surface area (Å²) < 4.78 is 61.9.